The van der Waals surface area contributed by atoms with Gasteiger partial charge < -0.3 is 5.32 Å². The third kappa shape index (κ3) is 3.79. The first-order chi connectivity index (χ1) is 11.2. The molecule has 0 amide bonds. The van der Waals surface area contributed by atoms with Crippen molar-refractivity contribution < 1.29 is 4.79 Å². The summed E-state index contributed by atoms with van der Waals surface area (Å²) in [7, 11) is 0. The van der Waals surface area contributed by atoms with Crippen LogP contribution in [0.1, 0.15) is 21.5 Å². The Hall–Kier alpha value is -2.58. The Bertz CT molecular complexity index is 800. The van der Waals surface area contributed by atoms with E-state index in [2.05, 4.69) is 17.4 Å². The molecule has 3 aromatic carbocycles. The highest BCUT2D eigenvalue weighted by molar-refractivity contribution is 6.35. The lowest BCUT2D eigenvalue weighted by atomic mass is 10.0. The summed E-state index contributed by atoms with van der Waals surface area (Å²) in [5, 5.41) is 3.77. The number of carbonyl (C=O) groups excluding carboxylic acids is 1. The van der Waals surface area contributed by atoms with Gasteiger partial charge in [0.1, 0.15) is 0 Å². The Morgan fingerprint density at radius 3 is 2.17 bits per heavy atom. The Kier molecular flexibility index (Phi) is 4.74. The summed E-state index contributed by atoms with van der Waals surface area (Å²) >= 11 is 6.30. The van der Waals surface area contributed by atoms with E-state index in [-0.39, 0.29) is 5.78 Å². The standard InChI is InChI=1S/C20H16ClNO/c21-19-13-17(22-14-15-7-3-1-4-8-15)11-12-18(19)20(23)16-9-5-2-6-10-16/h1-13,22H,14H2. The Morgan fingerprint density at radius 2 is 1.52 bits per heavy atom. The second-order valence-corrected chi connectivity index (χ2v) is 5.64. The van der Waals surface area contributed by atoms with E-state index in [9.17, 15) is 4.79 Å². The number of hydrogen-bond donors (Lipinski definition) is 1. The number of anilines is 1. The number of carbonyl (C=O) groups is 1. The van der Waals surface area contributed by atoms with Crippen LogP contribution in [0.5, 0.6) is 0 Å². The summed E-state index contributed by atoms with van der Waals surface area (Å²) < 4.78 is 0. The van der Waals surface area contributed by atoms with Crippen molar-refractivity contribution in [2.45, 2.75) is 6.54 Å². The molecule has 2 nitrogen and oxygen atoms in total. The third-order valence-corrected chi connectivity index (χ3v) is 3.90. The van der Waals surface area contributed by atoms with Gasteiger partial charge in [-0.25, -0.2) is 0 Å². The fourth-order valence-electron chi connectivity index (χ4n) is 2.35. The monoisotopic (exact) mass is 321 g/mol. The van der Waals surface area contributed by atoms with Gasteiger partial charge in [0, 0.05) is 23.4 Å². The van der Waals surface area contributed by atoms with Gasteiger partial charge in [0.15, 0.2) is 5.78 Å². The summed E-state index contributed by atoms with van der Waals surface area (Å²) in [5.74, 6) is -0.0646. The molecule has 3 rings (SSSR count). The van der Waals surface area contributed by atoms with Crippen LogP contribution < -0.4 is 5.32 Å². The van der Waals surface area contributed by atoms with E-state index in [4.69, 9.17) is 11.6 Å². The van der Waals surface area contributed by atoms with Gasteiger partial charge in [0.25, 0.3) is 0 Å². The molecular weight excluding hydrogens is 306 g/mol. The molecule has 3 heteroatoms. The van der Waals surface area contributed by atoms with Crippen LogP contribution in [0.2, 0.25) is 5.02 Å². The predicted molar refractivity (Wildman–Crippen MR) is 95.1 cm³/mol. The van der Waals surface area contributed by atoms with E-state index >= 15 is 0 Å². The zero-order chi connectivity index (χ0) is 16.1. The largest absolute Gasteiger partial charge is 0.381 e. The molecule has 0 aliphatic heterocycles. The first kappa shape index (κ1) is 15.3. The Labute approximate surface area is 140 Å². The summed E-state index contributed by atoms with van der Waals surface area (Å²) in [6.45, 7) is 0.711. The minimum atomic E-state index is -0.0646. The lowest BCUT2D eigenvalue weighted by Crippen LogP contribution is -2.04. The molecule has 0 radical (unpaired) electrons. The zero-order valence-electron chi connectivity index (χ0n) is 12.5. The van der Waals surface area contributed by atoms with Gasteiger partial charge >= 0.3 is 0 Å². The van der Waals surface area contributed by atoms with E-state index < -0.39 is 0 Å². The Balaban J connectivity index is 1.74. The van der Waals surface area contributed by atoms with Gasteiger partial charge in [-0.3, -0.25) is 4.79 Å². The SMILES string of the molecule is O=C(c1ccccc1)c1ccc(NCc2ccccc2)cc1Cl. The minimum Gasteiger partial charge on any atom is -0.381 e. The van der Waals surface area contributed by atoms with Gasteiger partial charge in [-0.1, -0.05) is 72.3 Å². The van der Waals surface area contributed by atoms with Crippen LogP contribution in [0.4, 0.5) is 5.69 Å². The summed E-state index contributed by atoms with van der Waals surface area (Å²) in [6.07, 6.45) is 0. The third-order valence-electron chi connectivity index (χ3n) is 3.59. The smallest absolute Gasteiger partial charge is 0.194 e. The highest BCUT2D eigenvalue weighted by atomic mass is 35.5. The molecule has 1 N–H and O–H groups in total. The van der Waals surface area contributed by atoms with Crippen molar-refractivity contribution in [3.63, 3.8) is 0 Å². The van der Waals surface area contributed by atoms with Crippen LogP contribution in [0, 0.1) is 0 Å². The van der Waals surface area contributed by atoms with E-state index in [1.54, 1.807) is 24.3 Å². The van der Waals surface area contributed by atoms with Crippen LogP contribution in [0.25, 0.3) is 0 Å². The molecule has 0 aliphatic rings. The molecule has 114 valence electrons. The van der Waals surface area contributed by atoms with Crippen LogP contribution in [0.3, 0.4) is 0 Å². The molecule has 3 aromatic rings. The summed E-state index contributed by atoms with van der Waals surface area (Å²) in [5.41, 5.74) is 3.24. The molecule has 0 fully saturated rings. The Morgan fingerprint density at radius 1 is 0.870 bits per heavy atom. The summed E-state index contributed by atoms with van der Waals surface area (Å²) in [4.78, 5) is 12.5. The lowest BCUT2D eigenvalue weighted by molar-refractivity contribution is 0.103. The minimum absolute atomic E-state index is 0.0646. The van der Waals surface area contributed by atoms with Gasteiger partial charge in [-0.2, -0.15) is 0 Å². The topological polar surface area (TPSA) is 29.1 Å². The second-order valence-electron chi connectivity index (χ2n) is 5.23. The van der Waals surface area contributed by atoms with E-state index in [1.807, 2.05) is 42.5 Å². The first-order valence-electron chi connectivity index (χ1n) is 7.41. The molecule has 0 spiro atoms. The molecule has 0 atom stereocenters. The molecule has 0 bridgehead atoms. The molecule has 0 unspecified atom stereocenters. The van der Waals surface area contributed by atoms with Gasteiger partial charge in [0.05, 0.1) is 5.02 Å². The molecule has 0 aliphatic carbocycles. The van der Waals surface area contributed by atoms with Gasteiger partial charge in [0.2, 0.25) is 0 Å². The number of rotatable bonds is 5. The van der Waals surface area contributed by atoms with Crippen molar-refractivity contribution in [3.05, 3.63) is 101 Å². The second kappa shape index (κ2) is 7.12. The van der Waals surface area contributed by atoms with Crippen LogP contribution in [-0.4, -0.2) is 5.78 Å². The van der Waals surface area contributed by atoms with E-state index in [1.165, 1.54) is 5.56 Å². The molecule has 0 aromatic heterocycles. The normalized spacial score (nSPS) is 10.3. The quantitative estimate of drug-likeness (QED) is 0.656. The van der Waals surface area contributed by atoms with Crippen molar-refractivity contribution in [3.8, 4) is 0 Å². The van der Waals surface area contributed by atoms with Gasteiger partial charge in [-0.05, 0) is 23.8 Å². The fraction of sp³-hybridized carbons (Fsp3) is 0.0500. The highest BCUT2D eigenvalue weighted by Gasteiger charge is 2.12. The summed E-state index contributed by atoms with van der Waals surface area (Å²) in [6, 6.07) is 24.7. The fourth-order valence-corrected chi connectivity index (χ4v) is 2.62. The predicted octanol–water partition coefficient (Wildman–Crippen LogP) is 5.18. The van der Waals surface area contributed by atoms with Crippen molar-refractivity contribution in [2.24, 2.45) is 0 Å². The highest BCUT2D eigenvalue weighted by Crippen LogP contribution is 2.24. The molecule has 0 heterocycles. The maximum absolute atomic E-state index is 12.5. The maximum atomic E-state index is 12.5. The first-order valence-corrected chi connectivity index (χ1v) is 7.79. The average Bonchev–Trinajstić information content (AvgIpc) is 2.61. The molecule has 0 saturated carbocycles. The van der Waals surface area contributed by atoms with Crippen LogP contribution in [0.15, 0.2) is 78.9 Å². The van der Waals surface area contributed by atoms with Crippen molar-refractivity contribution in [1.82, 2.24) is 0 Å². The number of halogens is 1. The van der Waals surface area contributed by atoms with Crippen LogP contribution in [-0.2, 0) is 6.54 Å². The van der Waals surface area contributed by atoms with E-state index in [0.29, 0.717) is 22.7 Å². The molecular formula is C20H16ClNO. The van der Waals surface area contributed by atoms with Crippen molar-refractivity contribution in [2.75, 3.05) is 5.32 Å². The van der Waals surface area contributed by atoms with Crippen molar-refractivity contribution in [1.29, 1.82) is 0 Å². The number of ketones is 1. The number of hydrogen-bond acceptors (Lipinski definition) is 2. The number of nitrogens with one attached hydrogen (secondary N) is 1. The maximum Gasteiger partial charge on any atom is 0.194 e. The average molecular weight is 322 g/mol. The molecule has 23 heavy (non-hydrogen) atoms. The number of benzene rings is 3. The zero-order valence-corrected chi connectivity index (χ0v) is 13.3. The molecule has 0 saturated heterocycles. The van der Waals surface area contributed by atoms with E-state index in [0.717, 1.165) is 5.69 Å². The van der Waals surface area contributed by atoms with Crippen LogP contribution >= 0.6 is 11.6 Å². The van der Waals surface area contributed by atoms with Gasteiger partial charge in [-0.15, -0.1) is 0 Å². The van der Waals surface area contributed by atoms with Crippen molar-refractivity contribution >= 4 is 23.1 Å². The lowest BCUT2D eigenvalue weighted by Gasteiger charge is -2.09.